The number of hydrogen-bond donors (Lipinski definition) is 1. The van der Waals surface area contributed by atoms with Crippen LogP contribution in [0, 0.1) is 6.92 Å². The van der Waals surface area contributed by atoms with Crippen LogP contribution in [-0.2, 0) is 16.6 Å². The Morgan fingerprint density at radius 1 is 1.33 bits per heavy atom. The van der Waals surface area contributed by atoms with Gasteiger partial charge < -0.3 is 14.6 Å². The van der Waals surface area contributed by atoms with E-state index in [4.69, 9.17) is 4.42 Å². The molecule has 0 aliphatic rings. The van der Waals surface area contributed by atoms with Crippen LogP contribution < -0.4 is 5.32 Å². The minimum Gasteiger partial charge on any atom is -0.445 e. The average Bonchev–Trinajstić information content (AvgIpc) is 2.73. The molecule has 1 N–H and O–H groups in total. The molecule has 1 heterocycles. The largest absolute Gasteiger partial charge is 0.445 e. The summed E-state index contributed by atoms with van der Waals surface area (Å²) in [5.74, 6) is 1.63. The summed E-state index contributed by atoms with van der Waals surface area (Å²) in [6, 6.07) is 0. The van der Waals surface area contributed by atoms with Crippen molar-refractivity contribution in [1.82, 2.24) is 15.2 Å². The fourth-order valence-electron chi connectivity index (χ4n) is 1.92. The number of aromatic nitrogens is 1. The molecule has 5 nitrogen and oxygen atoms in total. The molecule has 0 radical (unpaired) electrons. The first-order valence-corrected chi connectivity index (χ1v) is 7.58. The molecule has 0 saturated carbocycles. The summed E-state index contributed by atoms with van der Waals surface area (Å²) >= 11 is 0. The van der Waals surface area contributed by atoms with Gasteiger partial charge in [-0.3, -0.25) is 4.79 Å². The molecule has 0 spiro atoms. The minimum absolute atomic E-state index is 0.0712. The highest BCUT2D eigenvalue weighted by Gasteiger charge is 2.22. The van der Waals surface area contributed by atoms with E-state index in [-0.39, 0.29) is 11.3 Å². The highest BCUT2D eigenvalue weighted by molar-refractivity contribution is 5.76. The first kappa shape index (κ1) is 17.7. The van der Waals surface area contributed by atoms with Gasteiger partial charge in [0.05, 0.1) is 5.69 Å². The molecule has 0 aliphatic carbocycles. The predicted octanol–water partition coefficient (Wildman–Crippen LogP) is 2.28. The summed E-state index contributed by atoms with van der Waals surface area (Å²) in [6.45, 7) is 9.84. The van der Waals surface area contributed by atoms with Gasteiger partial charge in [-0.05, 0) is 34.0 Å². The van der Waals surface area contributed by atoms with E-state index in [2.05, 4.69) is 36.0 Å². The highest BCUT2D eigenvalue weighted by atomic mass is 16.4. The van der Waals surface area contributed by atoms with Crippen LogP contribution in [0.5, 0.6) is 0 Å². The maximum absolute atomic E-state index is 11.8. The van der Waals surface area contributed by atoms with Crippen molar-refractivity contribution in [2.24, 2.45) is 0 Å². The Bertz CT molecular complexity index is 459. The lowest BCUT2D eigenvalue weighted by atomic mass is 9.97. The van der Waals surface area contributed by atoms with Gasteiger partial charge in [0.25, 0.3) is 0 Å². The van der Waals surface area contributed by atoms with E-state index >= 15 is 0 Å². The van der Waals surface area contributed by atoms with Crippen molar-refractivity contribution in [2.75, 3.05) is 27.2 Å². The summed E-state index contributed by atoms with van der Waals surface area (Å²) in [6.07, 6.45) is 2.02. The monoisotopic (exact) mass is 295 g/mol. The predicted molar refractivity (Wildman–Crippen MR) is 84.4 cm³/mol. The van der Waals surface area contributed by atoms with Crippen molar-refractivity contribution in [3.8, 4) is 0 Å². The van der Waals surface area contributed by atoms with Crippen LogP contribution in [0.25, 0.3) is 0 Å². The third kappa shape index (κ3) is 6.29. The molecule has 0 aromatic carbocycles. The Kier molecular flexibility index (Phi) is 6.40. The van der Waals surface area contributed by atoms with Gasteiger partial charge in [0.15, 0.2) is 5.89 Å². The van der Waals surface area contributed by atoms with Crippen molar-refractivity contribution < 1.29 is 9.21 Å². The normalized spacial score (nSPS) is 12.0. The number of carbonyl (C=O) groups excluding carboxylic acids is 1. The van der Waals surface area contributed by atoms with Gasteiger partial charge >= 0.3 is 0 Å². The van der Waals surface area contributed by atoms with Gasteiger partial charge in [-0.2, -0.15) is 0 Å². The SMILES string of the molecule is Cc1nc(C(C)(C)C)oc1CCC(=O)NCCCN(C)C. The number of rotatable bonds is 7. The van der Waals surface area contributed by atoms with Crippen molar-refractivity contribution in [3.63, 3.8) is 0 Å². The number of aryl methyl sites for hydroxylation is 2. The Labute approximate surface area is 128 Å². The standard InChI is InChI=1S/C16H29N3O2/c1-12-13(21-15(18-12)16(2,3)4)8-9-14(20)17-10-7-11-19(5)6/h7-11H2,1-6H3,(H,17,20). The Balaban J connectivity index is 2.38. The number of oxazole rings is 1. The summed E-state index contributed by atoms with van der Waals surface area (Å²) in [5, 5.41) is 2.94. The van der Waals surface area contributed by atoms with Crippen LogP contribution in [-0.4, -0.2) is 43.0 Å². The second-order valence-corrected chi connectivity index (χ2v) is 6.78. The van der Waals surface area contributed by atoms with Gasteiger partial charge in [-0.25, -0.2) is 4.98 Å². The van der Waals surface area contributed by atoms with E-state index in [1.165, 1.54) is 0 Å². The molecule has 1 aromatic rings. The maximum atomic E-state index is 11.8. The van der Waals surface area contributed by atoms with E-state index in [9.17, 15) is 4.79 Å². The van der Waals surface area contributed by atoms with Gasteiger partial charge in [-0.1, -0.05) is 20.8 Å². The van der Waals surface area contributed by atoms with Crippen molar-refractivity contribution in [3.05, 3.63) is 17.3 Å². The van der Waals surface area contributed by atoms with E-state index in [1.54, 1.807) is 0 Å². The summed E-state index contributed by atoms with van der Waals surface area (Å²) < 4.78 is 5.79. The maximum Gasteiger partial charge on any atom is 0.220 e. The molecule has 0 saturated heterocycles. The molecule has 1 rings (SSSR count). The molecule has 1 amide bonds. The first-order chi connectivity index (χ1) is 9.70. The number of carbonyl (C=O) groups is 1. The van der Waals surface area contributed by atoms with E-state index in [0.717, 1.165) is 36.9 Å². The lowest BCUT2D eigenvalue weighted by Crippen LogP contribution is -2.27. The zero-order valence-corrected chi connectivity index (χ0v) is 14.2. The first-order valence-electron chi connectivity index (χ1n) is 7.58. The number of nitrogens with one attached hydrogen (secondary N) is 1. The lowest BCUT2D eigenvalue weighted by Gasteiger charge is -2.12. The van der Waals surface area contributed by atoms with Crippen molar-refractivity contribution >= 4 is 5.91 Å². The second kappa shape index (κ2) is 7.59. The number of hydrogen-bond acceptors (Lipinski definition) is 4. The highest BCUT2D eigenvalue weighted by Crippen LogP contribution is 2.24. The fourth-order valence-corrected chi connectivity index (χ4v) is 1.92. The second-order valence-electron chi connectivity index (χ2n) is 6.78. The molecule has 0 aliphatic heterocycles. The third-order valence-electron chi connectivity index (χ3n) is 3.22. The van der Waals surface area contributed by atoms with E-state index in [1.807, 2.05) is 21.0 Å². The van der Waals surface area contributed by atoms with E-state index < -0.39 is 0 Å². The fraction of sp³-hybridized carbons (Fsp3) is 0.750. The van der Waals surface area contributed by atoms with Gasteiger partial charge in [0.2, 0.25) is 5.91 Å². The lowest BCUT2D eigenvalue weighted by molar-refractivity contribution is -0.121. The molecule has 0 bridgehead atoms. The Morgan fingerprint density at radius 2 is 2.00 bits per heavy atom. The third-order valence-corrected chi connectivity index (χ3v) is 3.22. The molecule has 0 atom stereocenters. The van der Waals surface area contributed by atoms with Crippen LogP contribution in [0.1, 0.15) is 51.0 Å². The zero-order valence-electron chi connectivity index (χ0n) is 14.2. The Morgan fingerprint density at radius 3 is 2.52 bits per heavy atom. The van der Waals surface area contributed by atoms with Crippen molar-refractivity contribution in [2.45, 2.75) is 52.4 Å². The molecule has 1 aromatic heterocycles. The summed E-state index contributed by atoms with van der Waals surface area (Å²) in [5.41, 5.74) is 0.789. The van der Waals surface area contributed by atoms with Crippen LogP contribution in [0.15, 0.2) is 4.42 Å². The Hall–Kier alpha value is -1.36. The smallest absolute Gasteiger partial charge is 0.220 e. The summed E-state index contributed by atoms with van der Waals surface area (Å²) in [4.78, 5) is 18.3. The van der Waals surface area contributed by atoms with Crippen LogP contribution >= 0.6 is 0 Å². The van der Waals surface area contributed by atoms with Gasteiger partial charge in [0.1, 0.15) is 5.76 Å². The number of nitrogens with zero attached hydrogens (tertiary/aromatic N) is 2. The molecule has 21 heavy (non-hydrogen) atoms. The topological polar surface area (TPSA) is 58.4 Å². The zero-order chi connectivity index (χ0) is 16.0. The minimum atomic E-state index is -0.0998. The van der Waals surface area contributed by atoms with Crippen molar-refractivity contribution in [1.29, 1.82) is 0 Å². The molecule has 0 unspecified atom stereocenters. The average molecular weight is 295 g/mol. The van der Waals surface area contributed by atoms with Gasteiger partial charge in [0, 0.05) is 24.8 Å². The number of amides is 1. The van der Waals surface area contributed by atoms with Crippen LogP contribution in [0.2, 0.25) is 0 Å². The van der Waals surface area contributed by atoms with Crippen LogP contribution in [0.3, 0.4) is 0 Å². The molecule has 5 heteroatoms. The molecular formula is C16H29N3O2. The van der Waals surface area contributed by atoms with E-state index in [0.29, 0.717) is 12.8 Å². The molecule has 120 valence electrons. The quantitative estimate of drug-likeness (QED) is 0.784. The van der Waals surface area contributed by atoms with Gasteiger partial charge in [-0.15, -0.1) is 0 Å². The molecule has 0 fully saturated rings. The van der Waals surface area contributed by atoms with Crippen LogP contribution in [0.4, 0.5) is 0 Å². The molecular weight excluding hydrogens is 266 g/mol. The summed E-state index contributed by atoms with van der Waals surface area (Å²) in [7, 11) is 4.06.